The van der Waals surface area contributed by atoms with Crippen LogP contribution in [0.1, 0.15) is 5.56 Å². The van der Waals surface area contributed by atoms with Gasteiger partial charge in [-0.3, -0.25) is 0 Å². The predicted octanol–water partition coefficient (Wildman–Crippen LogP) is 2.39. The minimum atomic E-state index is -0.224. The van der Waals surface area contributed by atoms with Crippen LogP contribution in [0.3, 0.4) is 0 Å². The van der Waals surface area contributed by atoms with E-state index in [4.69, 9.17) is 0 Å². The fraction of sp³-hybridized carbons (Fsp3) is 0. The maximum Gasteiger partial charge on any atom is 0.152 e. The van der Waals surface area contributed by atoms with Crippen LogP contribution >= 0.6 is 22.0 Å². The first-order valence-corrected chi connectivity index (χ1v) is 5.39. The van der Waals surface area contributed by atoms with Gasteiger partial charge in [-0.05, 0) is 24.3 Å². The van der Waals surface area contributed by atoms with Gasteiger partial charge in [0.2, 0.25) is 0 Å². The average molecular weight is 200 g/mol. The Bertz CT molecular complexity index is 310. The molecular weight excluding hydrogens is 195 g/mol. The molecule has 5 heteroatoms. The first-order chi connectivity index (χ1) is 5.86. The zero-order chi connectivity index (χ0) is 8.39. The van der Waals surface area contributed by atoms with Gasteiger partial charge >= 0.3 is 0 Å². The molecular formula is C7H5FN2S2. The van der Waals surface area contributed by atoms with Crippen molar-refractivity contribution >= 4 is 27.8 Å². The predicted molar refractivity (Wildman–Crippen MR) is 51.3 cm³/mol. The van der Waals surface area contributed by atoms with E-state index in [1.165, 1.54) is 34.1 Å². The summed E-state index contributed by atoms with van der Waals surface area (Å²) in [6, 6.07) is 6.25. The van der Waals surface area contributed by atoms with Crippen molar-refractivity contribution < 1.29 is 4.39 Å². The van der Waals surface area contributed by atoms with Crippen molar-refractivity contribution in [1.82, 2.24) is 4.72 Å². The number of nitrogens with one attached hydrogen (secondary N) is 1. The van der Waals surface area contributed by atoms with E-state index in [0.717, 1.165) is 11.4 Å². The lowest BCUT2D eigenvalue weighted by atomic mass is 10.2. The molecule has 0 aliphatic carbocycles. The summed E-state index contributed by atoms with van der Waals surface area (Å²) >= 11 is 0. The first kappa shape index (κ1) is 7.94. The summed E-state index contributed by atoms with van der Waals surface area (Å²) in [6.07, 6.45) is 0. The molecule has 0 saturated carbocycles. The van der Waals surface area contributed by atoms with E-state index in [2.05, 4.69) is 9.12 Å². The van der Waals surface area contributed by atoms with Gasteiger partial charge in [0, 0.05) is 16.5 Å². The number of halogens is 1. The summed E-state index contributed by atoms with van der Waals surface area (Å²) in [6.45, 7) is 0. The monoisotopic (exact) mass is 200 g/mol. The summed E-state index contributed by atoms with van der Waals surface area (Å²) < 4.78 is 19.6. The van der Waals surface area contributed by atoms with Gasteiger partial charge < -0.3 is 4.72 Å². The van der Waals surface area contributed by atoms with E-state index in [-0.39, 0.29) is 5.82 Å². The first-order valence-electron chi connectivity index (χ1n) is 3.29. The van der Waals surface area contributed by atoms with E-state index < -0.39 is 0 Å². The molecule has 12 heavy (non-hydrogen) atoms. The Morgan fingerprint density at radius 1 is 1.25 bits per heavy atom. The number of nitrogens with zero attached hydrogens (tertiary/aromatic N) is 1. The van der Waals surface area contributed by atoms with Gasteiger partial charge in [-0.1, -0.05) is 0 Å². The van der Waals surface area contributed by atoms with Crippen LogP contribution in [0, 0.1) is 5.82 Å². The lowest BCUT2D eigenvalue weighted by molar-refractivity contribution is 0.628. The highest BCUT2D eigenvalue weighted by Gasteiger charge is 2.08. The van der Waals surface area contributed by atoms with Crippen LogP contribution in [0.4, 0.5) is 4.39 Å². The normalized spacial score (nSPS) is 15.6. The SMILES string of the molecule is Fc1ccc(C2=NSSN2)cc1. The molecule has 1 aromatic carbocycles. The van der Waals surface area contributed by atoms with Crippen molar-refractivity contribution in [3.05, 3.63) is 35.6 Å². The molecule has 1 aromatic rings. The van der Waals surface area contributed by atoms with Crippen LogP contribution in [0.5, 0.6) is 0 Å². The van der Waals surface area contributed by atoms with E-state index in [0.29, 0.717) is 0 Å². The third kappa shape index (κ3) is 1.56. The molecule has 1 heterocycles. The summed E-state index contributed by atoms with van der Waals surface area (Å²) in [5.41, 5.74) is 0.911. The van der Waals surface area contributed by atoms with Crippen LogP contribution < -0.4 is 4.72 Å². The van der Waals surface area contributed by atoms with Crippen LogP contribution in [0.2, 0.25) is 0 Å². The Labute approximate surface area is 77.3 Å². The number of hydrogen-bond acceptors (Lipinski definition) is 4. The summed E-state index contributed by atoms with van der Waals surface area (Å²) in [4.78, 5) is 0. The van der Waals surface area contributed by atoms with Crippen LogP contribution in [0.25, 0.3) is 0 Å². The van der Waals surface area contributed by atoms with Crippen LogP contribution in [-0.2, 0) is 0 Å². The molecule has 2 rings (SSSR count). The Balaban J connectivity index is 2.28. The van der Waals surface area contributed by atoms with Gasteiger partial charge in [0.05, 0.1) is 11.0 Å². The van der Waals surface area contributed by atoms with Crippen molar-refractivity contribution in [2.24, 2.45) is 4.40 Å². The molecule has 1 N–H and O–H groups in total. The van der Waals surface area contributed by atoms with Crippen molar-refractivity contribution in [2.45, 2.75) is 0 Å². The fourth-order valence-electron chi connectivity index (χ4n) is 0.852. The van der Waals surface area contributed by atoms with E-state index >= 15 is 0 Å². The van der Waals surface area contributed by atoms with Crippen molar-refractivity contribution in [3.8, 4) is 0 Å². The van der Waals surface area contributed by atoms with E-state index in [1.54, 1.807) is 12.1 Å². The quantitative estimate of drug-likeness (QED) is 0.556. The smallest absolute Gasteiger partial charge is 0.152 e. The highest BCUT2D eigenvalue weighted by atomic mass is 33.1. The standard InChI is InChI=1S/C7H5FN2S2/c8-6-3-1-5(2-4-6)7-9-11-12-10-7/h1-4H,(H,9,10). The summed E-state index contributed by atoms with van der Waals surface area (Å²) in [5.74, 6) is 0.572. The maximum absolute atomic E-state index is 12.5. The molecule has 62 valence electrons. The average Bonchev–Trinajstić information content (AvgIpc) is 2.58. The molecule has 1 aliphatic rings. The zero-order valence-electron chi connectivity index (χ0n) is 5.95. The highest BCUT2D eigenvalue weighted by Crippen LogP contribution is 2.26. The number of hydrogen-bond donors (Lipinski definition) is 1. The van der Waals surface area contributed by atoms with Crippen LogP contribution in [-0.4, -0.2) is 5.84 Å². The molecule has 0 aromatic heterocycles. The van der Waals surface area contributed by atoms with Crippen LogP contribution in [0.15, 0.2) is 28.7 Å². The molecule has 1 aliphatic heterocycles. The molecule has 0 atom stereocenters. The molecule has 0 saturated heterocycles. The molecule has 0 unspecified atom stereocenters. The minimum Gasteiger partial charge on any atom is -0.303 e. The molecule has 0 fully saturated rings. The molecule has 2 nitrogen and oxygen atoms in total. The topological polar surface area (TPSA) is 24.4 Å². The Morgan fingerprint density at radius 3 is 2.58 bits per heavy atom. The molecule has 0 amide bonds. The molecule has 0 bridgehead atoms. The van der Waals surface area contributed by atoms with Gasteiger partial charge in [-0.15, -0.1) is 0 Å². The number of benzene rings is 1. The van der Waals surface area contributed by atoms with Crippen molar-refractivity contribution in [3.63, 3.8) is 0 Å². The third-order valence-electron chi connectivity index (χ3n) is 1.42. The summed E-state index contributed by atoms with van der Waals surface area (Å²) in [5, 5.41) is 0. The maximum atomic E-state index is 12.5. The second-order valence-corrected chi connectivity index (χ2v) is 3.86. The van der Waals surface area contributed by atoms with Crippen molar-refractivity contribution in [1.29, 1.82) is 0 Å². The second kappa shape index (κ2) is 3.37. The Morgan fingerprint density at radius 2 is 2.00 bits per heavy atom. The van der Waals surface area contributed by atoms with E-state index in [1.807, 2.05) is 0 Å². The number of rotatable bonds is 1. The lowest BCUT2D eigenvalue weighted by Crippen LogP contribution is -2.11. The van der Waals surface area contributed by atoms with Gasteiger partial charge in [0.1, 0.15) is 5.82 Å². The van der Waals surface area contributed by atoms with E-state index in [9.17, 15) is 4.39 Å². The molecule has 0 radical (unpaired) electrons. The summed E-state index contributed by atoms with van der Waals surface area (Å²) in [7, 11) is 2.83. The van der Waals surface area contributed by atoms with Gasteiger partial charge in [-0.2, -0.15) is 4.40 Å². The second-order valence-electron chi connectivity index (χ2n) is 2.21. The highest BCUT2D eigenvalue weighted by molar-refractivity contribution is 8.76. The minimum absolute atomic E-state index is 0.224. The van der Waals surface area contributed by atoms with Gasteiger partial charge in [0.15, 0.2) is 5.84 Å². The largest absolute Gasteiger partial charge is 0.303 e. The van der Waals surface area contributed by atoms with Gasteiger partial charge in [-0.25, -0.2) is 4.39 Å². The molecule has 0 spiro atoms. The van der Waals surface area contributed by atoms with Crippen molar-refractivity contribution in [2.75, 3.05) is 0 Å². The van der Waals surface area contributed by atoms with Gasteiger partial charge in [0.25, 0.3) is 0 Å². The Kier molecular flexibility index (Phi) is 2.23. The fourth-order valence-corrected chi connectivity index (χ4v) is 2.14. The lowest BCUT2D eigenvalue weighted by Gasteiger charge is -1.98. The third-order valence-corrected chi connectivity index (χ3v) is 2.73. The number of amidine groups is 1. The Hall–Kier alpha value is -0.680. The zero-order valence-corrected chi connectivity index (χ0v) is 7.58.